The molecule has 1 heterocycles. The second-order valence-corrected chi connectivity index (χ2v) is 5.19. The minimum Gasteiger partial charge on any atom is -0.512 e. The Morgan fingerprint density at radius 3 is 3.00 bits per heavy atom. The Hall–Kier alpha value is -0.800. The molecule has 3 heteroatoms. The maximum atomic E-state index is 10.1. The highest BCUT2D eigenvalue weighted by molar-refractivity contribution is 5.39. The van der Waals surface area contributed by atoms with Crippen molar-refractivity contribution in [3.63, 3.8) is 0 Å². The van der Waals surface area contributed by atoms with Crippen LogP contribution in [0.1, 0.15) is 32.1 Å². The molecule has 0 aromatic heterocycles. The van der Waals surface area contributed by atoms with E-state index < -0.39 is 0 Å². The molecular weight excluding hydrogens is 202 g/mol. The lowest BCUT2D eigenvalue weighted by molar-refractivity contribution is 0.156. The van der Waals surface area contributed by atoms with E-state index in [1.807, 2.05) is 6.08 Å². The van der Waals surface area contributed by atoms with Gasteiger partial charge in [0.15, 0.2) is 0 Å². The third-order valence-corrected chi connectivity index (χ3v) is 4.16. The zero-order valence-corrected chi connectivity index (χ0v) is 9.45. The van der Waals surface area contributed by atoms with Gasteiger partial charge in [0.1, 0.15) is 0 Å². The van der Waals surface area contributed by atoms with E-state index in [9.17, 15) is 10.2 Å². The molecule has 0 saturated heterocycles. The number of allylic oxidation sites excluding steroid dienone is 2. The first-order valence-electron chi connectivity index (χ1n) is 6.30. The second kappa shape index (κ2) is 3.90. The Morgan fingerprint density at radius 2 is 2.12 bits per heavy atom. The molecule has 1 fully saturated rings. The van der Waals surface area contributed by atoms with E-state index in [1.165, 1.54) is 5.57 Å². The topological polar surface area (TPSA) is 52.5 Å². The van der Waals surface area contributed by atoms with E-state index in [-0.39, 0.29) is 6.10 Å². The molecule has 0 aromatic rings. The molecule has 3 nitrogen and oxygen atoms in total. The number of nitrogens with one attached hydrogen (secondary N) is 1. The lowest BCUT2D eigenvalue weighted by atomic mass is 9.74. The van der Waals surface area contributed by atoms with Gasteiger partial charge in [-0.3, -0.25) is 0 Å². The molecule has 2 aliphatic carbocycles. The van der Waals surface area contributed by atoms with Crippen molar-refractivity contribution in [1.82, 2.24) is 5.32 Å². The molecule has 16 heavy (non-hydrogen) atoms. The molecule has 88 valence electrons. The zero-order chi connectivity index (χ0) is 11.1. The van der Waals surface area contributed by atoms with Crippen molar-refractivity contribution in [2.75, 3.05) is 6.54 Å². The van der Waals surface area contributed by atoms with Crippen LogP contribution in [0.25, 0.3) is 0 Å². The van der Waals surface area contributed by atoms with E-state index in [1.54, 1.807) is 0 Å². The molecule has 3 unspecified atom stereocenters. The van der Waals surface area contributed by atoms with Crippen LogP contribution in [0.3, 0.4) is 0 Å². The smallest absolute Gasteiger partial charge is 0.0925 e. The maximum absolute atomic E-state index is 10.1. The summed E-state index contributed by atoms with van der Waals surface area (Å²) in [6.45, 7) is 1.00. The predicted molar refractivity (Wildman–Crippen MR) is 62.1 cm³/mol. The van der Waals surface area contributed by atoms with Crippen LogP contribution in [0.15, 0.2) is 23.0 Å². The van der Waals surface area contributed by atoms with E-state index in [2.05, 4.69) is 5.32 Å². The number of fused-ring (bicyclic) bond motifs is 2. The first-order chi connectivity index (χ1) is 7.75. The molecule has 0 bridgehead atoms. The van der Waals surface area contributed by atoms with Gasteiger partial charge in [0.2, 0.25) is 0 Å². The van der Waals surface area contributed by atoms with Gasteiger partial charge in [0, 0.05) is 19.0 Å². The number of aliphatic hydroxyl groups excluding tert-OH is 2. The van der Waals surface area contributed by atoms with Crippen molar-refractivity contribution in [2.24, 2.45) is 5.92 Å². The molecule has 3 rings (SSSR count). The Balaban J connectivity index is 2.04. The van der Waals surface area contributed by atoms with E-state index in [0.717, 1.165) is 44.2 Å². The van der Waals surface area contributed by atoms with Crippen LogP contribution in [-0.4, -0.2) is 28.9 Å². The van der Waals surface area contributed by atoms with Crippen LogP contribution in [0.4, 0.5) is 0 Å². The molecule has 0 amide bonds. The van der Waals surface area contributed by atoms with Crippen LogP contribution >= 0.6 is 0 Å². The largest absolute Gasteiger partial charge is 0.512 e. The Labute approximate surface area is 95.9 Å². The summed E-state index contributed by atoms with van der Waals surface area (Å²) in [5.74, 6) is 0.979. The number of hydrogen-bond acceptors (Lipinski definition) is 3. The summed E-state index contributed by atoms with van der Waals surface area (Å²) in [5, 5.41) is 23.3. The second-order valence-electron chi connectivity index (χ2n) is 5.19. The Morgan fingerprint density at radius 1 is 1.25 bits per heavy atom. The molecule has 1 aliphatic heterocycles. The summed E-state index contributed by atoms with van der Waals surface area (Å²) in [6.07, 6.45) is 6.49. The minimum absolute atomic E-state index is 0.300. The molecule has 3 N–H and O–H groups in total. The van der Waals surface area contributed by atoms with Gasteiger partial charge < -0.3 is 15.5 Å². The fourth-order valence-electron chi connectivity index (χ4n) is 3.33. The minimum atomic E-state index is -0.300. The standard InChI is InChI=1S/C13H19NO2/c15-9-5-4-8-7-14-11-2-1-3-12(16)13(11)10(8)6-9/h6,8,11-12,14-16H,1-5,7H2. The van der Waals surface area contributed by atoms with Crippen molar-refractivity contribution in [1.29, 1.82) is 0 Å². The van der Waals surface area contributed by atoms with Crippen molar-refractivity contribution < 1.29 is 10.2 Å². The molecule has 1 saturated carbocycles. The summed E-state index contributed by atoms with van der Waals surface area (Å²) in [7, 11) is 0. The van der Waals surface area contributed by atoms with Gasteiger partial charge >= 0.3 is 0 Å². The third kappa shape index (κ3) is 1.59. The molecule has 0 aromatic carbocycles. The lowest BCUT2D eigenvalue weighted by Gasteiger charge is -2.40. The predicted octanol–water partition coefficient (Wildman–Crippen LogP) is 1.65. The summed E-state index contributed by atoms with van der Waals surface area (Å²) in [5.41, 5.74) is 2.38. The lowest BCUT2D eigenvalue weighted by Crippen LogP contribution is -2.47. The summed E-state index contributed by atoms with van der Waals surface area (Å²) >= 11 is 0. The molecule has 3 atom stereocenters. The summed E-state index contributed by atoms with van der Waals surface area (Å²) in [6, 6.07) is 0.345. The average Bonchev–Trinajstić information content (AvgIpc) is 2.28. The zero-order valence-electron chi connectivity index (χ0n) is 9.45. The number of aliphatic hydroxyl groups is 2. The maximum Gasteiger partial charge on any atom is 0.0925 e. The van der Waals surface area contributed by atoms with E-state index in [4.69, 9.17) is 0 Å². The summed E-state index contributed by atoms with van der Waals surface area (Å²) < 4.78 is 0. The highest BCUT2D eigenvalue weighted by Gasteiger charge is 2.35. The molecule has 0 radical (unpaired) electrons. The molecule has 0 spiro atoms. The Kier molecular flexibility index (Phi) is 2.52. The van der Waals surface area contributed by atoms with Gasteiger partial charge in [-0.2, -0.15) is 0 Å². The SMILES string of the molecule is OC1=CC2=C3C(O)CCCC3NCC2CC1. The van der Waals surface area contributed by atoms with Gasteiger partial charge in [-0.25, -0.2) is 0 Å². The highest BCUT2D eigenvalue weighted by Crippen LogP contribution is 2.38. The molecular formula is C13H19NO2. The van der Waals surface area contributed by atoms with Gasteiger partial charge in [0.05, 0.1) is 11.9 Å². The van der Waals surface area contributed by atoms with Gasteiger partial charge in [-0.05, 0) is 48.8 Å². The van der Waals surface area contributed by atoms with Crippen LogP contribution in [0.5, 0.6) is 0 Å². The van der Waals surface area contributed by atoms with Crippen molar-refractivity contribution in [2.45, 2.75) is 44.2 Å². The first kappa shape index (κ1) is 10.4. The van der Waals surface area contributed by atoms with Crippen molar-refractivity contribution >= 4 is 0 Å². The van der Waals surface area contributed by atoms with Crippen LogP contribution in [0.2, 0.25) is 0 Å². The normalized spacial score (nSPS) is 38.8. The van der Waals surface area contributed by atoms with Crippen LogP contribution < -0.4 is 5.32 Å². The first-order valence-corrected chi connectivity index (χ1v) is 6.30. The van der Waals surface area contributed by atoms with E-state index in [0.29, 0.717) is 17.7 Å². The van der Waals surface area contributed by atoms with Gasteiger partial charge in [0.25, 0.3) is 0 Å². The van der Waals surface area contributed by atoms with Crippen LogP contribution in [0, 0.1) is 5.92 Å². The molecule has 3 aliphatic rings. The fourth-order valence-corrected chi connectivity index (χ4v) is 3.33. The van der Waals surface area contributed by atoms with Gasteiger partial charge in [-0.15, -0.1) is 0 Å². The number of rotatable bonds is 0. The summed E-state index contributed by atoms with van der Waals surface area (Å²) in [4.78, 5) is 0. The average molecular weight is 221 g/mol. The van der Waals surface area contributed by atoms with Crippen LogP contribution in [-0.2, 0) is 0 Å². The van der Waals surface area contributed by atoms with Gasteiger partial charge in [-0.1, -0.05) is 0 Å². The number of hydrogen-bond donors (Lipinski definition) is 3. The van der Waals surface area contributed by atoms with Crippen molar-refractivity contribution in [3.05, 3.63) is 23.0 Å². The Bertz CT molecular complexity index is 359. The quantitative estimate of drug-likeness (QED) is 0.583. The third-order valence-electron chi connectivity index (χ3n) is 4.16. The monoisotopic (exact) mass is 221 g/mol. The van der Waals surface area contributed by atoms with Crippen molar-refractivity contribution in [3.8, 4) is 0 Å². The highest BCUT2D eigenvalue weighted by atomic mass is 16.3. The fraction of sp³-hybridized carbons (Fsp3) is 0.692. The van der Waals surface area contributed by atoms with E-state index >= 15 is 0 Å².